The molecule has 0 saturated heterocycles. The van der Waals surface area contributed by atoms with Gasteiger partial charge < -0.3 is 5.32 Å². The van der Waals surface area contributed by atoms with Crippen LogP contribution in [0.5, 0.6) is 0 Å². The molecule has 0 aliphatic carbocycles. The summed E-state index contributed by atoms with van der Waals surface area (Å²) in [6.07, 6.45) is 11.6. The highest BCUT2D eigenvalue weighted by Gasteiger charge is 2.07. The Morgan fingerprint density at radius 2 is 1.52 bits per heavy atom. The van der Waals surface area contributed by atoms with Crippen LogP contribution in [0.2, 0.25) is 5.02 Å². The standard InChI is InChI=1S/C18H28ClNO/c1-2-3-4-5-6-7-8-9-12-15-20-18(21)16-13-10-11-14-17(16)19/h10-11,13-14H,2-9,12,15H2,1H3,(H,20,21). The van der Waals surface area contributed by atoms with Crippen LogP contribution in [-0.4, -0.2) is 12.5 Å². The summed E-state index contributed by atoms with van der Waals surface area (Å²) in [4.78, 5) is 11.9. The van der Waals surface area contributed by atoms with Gasteiger partial charge in [-0.3, -0.25) is 4.79 Å². The molecular weight excluding hydrogens is 282 g/mol. The number of hydrogen-bond donors (Lipinski definition) is 1. The highest BCUT2D eigenvalue weighted by Crippen LogP contribution is 2.14. The average Bonchev–Trinajstić information content (AvgIpc) is 2.49. The number of unbranched alkanes of at least 4 members (excludes halogenated alkanes) is 8. The van der Waals surface area contributed by atoms with Gasteiger partial charge in [-0.25, -0.2) is 0 Å². The molecule has 0 radical (unpaired) electrons. The van der Waals surface area contributed by atoms with Crippen molar-refractivity contribution in [3.8, 4) is 0 Å². The fourth-order valence-electron chi connectivity index (χ4n) is 2.38. The van der Waals surface area contributed by atoms with Crippen LogP contribution in [0.25, 0.3) is 0 Å². The van der Waals surface area contributed by atoms with Crippen LogP contribution in [0.1, 0.15) is 75.1 Å². The van der Waals surface area contributed by atoms with Crippen molar-refractivity contribution in [1.82, 2.24) is 5.32 Å². The third kappa shape index (κ3) is 8.11. The van der Waals surface area contributed by atoms with Crippen LogP contribution < -0.4 is 5.32 Å². The summed E-state index contributed by atoms with van der Waals surface area (Å²) in [6, 6.07) is 7.17. The van der Waals surface area contributed by atoms with Crippen molar-refractivity contribution < 1.29 is 4.79 Å². The Bertz CT molecular complexity index is 406. The van der Waals surface area contributed by atoms with E-state index in [9.17, 15) is 4.79 Å². The molecule has 21 heavy (non-hydrogen) atoms. The Balaban J connectivity index is 1.99. The monoisotopic (exact) mass is 309 g/mol. The third-order valence-corrected chi connectivity index (χ3v) is 4.01. The van der Waals surface area contributed by atoms with E-state index in [0.29, 0.717) is 10.6 Å². The molecule has 1 amide bonds. The van der Waals surface area contributed by atoms with E-state index in [1.165, 1.54) is 51.4 Å². The predicted molar refractivity (Wildman–Crippen MR) is 91.0 cm³/mol. The lowest BCUT2D eigenvalue weighted by Gasteiger charge is -2.06. The zero-order valence-electron chi connectivity index (χ0n) is 13.2. The molecule has 0 bridgehead atoms. The first-order valence-electron chi connectivity index (χ1n) is 8.28. The van der Waals surface area contributed by atoms with E-state index >= 15 is 0 Å². The van der Waals surface area contributed by atoms with Crippen LogP contribution in [0.15, 0.2) is 24.3 Å². The molecule has 0 saturated carbocycles. The summed E-state index contributed by atoms with van der Waals surface area (Å²) in [5.74, 6) is -0.0693. The summed E-state index contributed by atoms with van der Waals surface area (Å²) >= 11 is 5.99. The second kappa shape index (κ2) is 11.6. The molecule has 1 aromatic carbocycles. The Morgan fingerprint density at radius 1 is 0.952 bits per heavy atom. The maximum absolute atomic E-state index is 11.9. The Kier molecular flexibility index (Phi) is 9.98. The highest BCUT2D eigenvalue weighted by atomic mass is 35.5. The fourth-order valence-corrected chi connectivity index (χ4v) is 2.60. The number of carbonyl (C=O) groups is 1. The quantitative estimate of drug-likeness (QED) is 0.530. The van der Waals surface area contributed by atoms with Gasteiger partial charge in [-0.2, -0.15) is 0 Å². The van der Waals surface area contributed by atoms with Gasteiger partial charge in [0.15, 0.2) is 0 Å². The summed E-state index contributed by atoms with van der Waals surface area (Å²) in [6.45, 7) is 2.98. The second-order valence-corrected chi connectivity index (χ2v) is 5.97. The van der Waals surface area contributed by atoms with Crippen LogP contribution in [-0.2, 0) is 0 Å². The molecule has 0 aliphatic rings. The van der Waals surface area contributed by atoms with E-state index in [1.54, 1.807) is 12.1 Å². The molecule has 1 N–H and O–H groups in total. The number of halogens is 1. The smallest absolute Gasteiger partial charge is 0.252 e. The van der Waals surface area contributed by atoms with Gasteiger partial charge in [0.1, 0.15) is 0 Å². The molecule has 0 heterocycles. The fraction of sp³-hybridized carbons (Fsp3) is 0.611. The van der Waals surface area contributed by atoms with Crippen LogP contribution in [0.4, 0.5) is 0 Å². The molecule has 2 nitrogen and oxygen atoms in total. The van der Waals surface area contributed by atoms with E-state index in [-0.39, 0.29) is 5.91 Å². The molecule has 0 aliphatic heterocycles. The van der Waals surface area contributed by atoms with Crippen molar-refractivity contribution in [1.29, 1.82) is 0 Å². The molecule has 0 spiro atoms. The van der Waals surface area contributed by atoms with Gasteiger partial charge in [0.2, 0.25) is 0 Å². The average molecular weight is 310 g/mol. The Hall–Kier alpha value is -1.02. The Labute approximate surface area is 134 Å². The van der Waals surface area contributed by atoms with E-state index < -0.39 is 0 Å². The van der Waals surface area contributed by atoms with Crippen molar-refractivity contribution in [2.75, 3.05) is 6.54 Å². The highest BCUT2D eigenvalue weighted by molar-refractivity contribution is 6.33. The van der Waals surface area contributed by atoms with E-state index in [4.69, 9.17) is 11.6 Å². The van der Waals surface area contributed by atoms with Crippen LogP contribution >= 0.6 is 11.6 Å². The summed E-state index contributed by atoms with van der Waals surface area (Å²) < 4.78 is 0. The van der Waals surface area contributed by atoms with Crippen molar-refractivity contribution in [2.24, 2.45) is 0 Å². The minimum Gasteiger partial charge on any atom is -0.352 e. The molecule has 0 aromatic heterocycles. The van der Waals surface area contributed by atoms with Crippen molar-refractivity contribution in [3.05, 3.63) is 34.9 Å². The normalized spacial score (nSPS) is 10.6. The zero-order chi connectivity index (χ0) is 15.3. The molecule has 0 fully saturated rings. The molecule has 3 heteroatoms. The van der Waals surface area contributed by atoms with E-state index in [0.717, 1.165) is 13.0 Å². The molecule has 1 rings (SSSR count). The lowest BCUT2D eigenvalue weighted by atomic mass is 10.1. The SMILES string of the molecule is CCCCCCCCCCCNC(=O)c1ccccc1Cl. The van der Waals surface area contributed by atoms with Gasteiger partial charge >= 0.3 is 0 Å². The second-order valence-electron chi connectivity index (χ2n) is 5.56. The number of carbonyl (C=O) groups excluding carboxylic acids is 1. The molecule has 1 aromatic rings. The number of nitrogens with one attached hydrogen (secondary N) is 1. The minimum absolute atomic E-state index is 0.0693. The number of benzene rings is 1. The largest absolute Gasteiger partial charge is 0.352 e. The van der Waals surface area contributed by atoms with Crippen LogP contribution in [0.3, 0.4) is 0 Å². The first-order chi connectivity index (χ1) is 10.3. The van der Waals surface area contributed by atoms with Crippen molar-refractivity contribution in [3.63, 3.8) is 0 Å². The van der Waals surface area contributed by atoms with Gasteiger partial charge in [0, 0.05) is 6.54 Å². The minimum atomic E-state index is -0.0693. The predicted octanol–water partition coefficient (Wildman–Crippen LogP) is 5.60. The van der Waals surface area contributed by atoms with Gasteiger partial charge in [-0.05, 0) is 18.6 Å². The van der Waals surface area contributed by atoms with Crippen LogP contribution in [0, 0.1) is 0 Å². The maximum atomic E-state index is 11.9. The lowest BCUT2D eigenvalue weighted by Crippen LogP contribution is -2.24. The molecule has 118 valence electrons. The summed E-state index contributed by atoms with van der Waals surface area (Å²) in [5, 5.41) is 3.45. The topological polar surface area (TPSA) is 29.1 Å². The number of rotatable bonds is 11. The first-order valence-corrected chi connectivity index (χ1v) is 8.66. The summed E-state index contributed by atoms with van der Waals surface area (Å²) in [5.41, 5.74) is 0.565. The lowest BCUT2D eigenvalue weighted by molar-refractivity contribution is 0.0953. The molecule has 0 atom stereocenters. The Morgan fingerprint density at radius 3 is 2.14 bits per heavy atom. The maximum Gasteiger partial charge on any atom is 0.252 e. The van der Waals surface area contributed by atoms with Gasteiger partial charge in [-0.1, -0.05) is 82.0 Å². The summed E-state index contributed by atoms with van der Waals surface area (Å²) in [7, 11) is 0. The third-order valence-electron chi connectivity index (χ3n) is 3.68. The van der Waals surface area contributed by atoms with Crippen molar-refractivity contribution in [2.45, 2.75) is 64.7 Å². The molecular formula is C18H28ClNO. The van der Waals surface area contributed by atoms with E-state index in [2.05, 4.69) is 12.2 Å². The zero-order valence-corrected chi connectivity index (χ0v) is 13.9. The van der Waals surface area contributed by atoms with Crippen molar-refractivity contribution >= 4 is 17.5 Å². The van der Waals surface area contributed by atoms with Gasteiger partial charge in [0.25, 0.3) is 5.91 Å². The molecule has 0 unspecified atom stereocenters. The van der Waals surface area contributed by atoms with E-state index in [1.807, 2.05) is 12.1 Å². The van der Waals surface area contributed by atoms with Gasteiger partial charge in [-0.15, -0.1) is 0 Å². The first kappa shape index (κ1) is 18.0. The van der Waals surface area contributed by atoms with Gasteiger partial charge in [0.05, 0.1) is 10.6 Å². The number of amides is 1. The number of hydrogen-bond acceptors (Lipinski definition) is 1.